The van der Waals surface area contributed by atoms with Gasteiger partial charge in [0.25, 0.3) is 0 Å². The first-order valence-electron chi connectivity index (χ1n) is 5.50. The third-order valence-corrected chi connectivity index (χ3v) is 1.96. The zero-order chi connectivity index (χ0) is 13.3. The predicted molar refractivity (Wildman–Crippen MR) is 62.4 cm³/mol. The average Bonchev–Trinajstić information content (AvgIpc) is 2.25. The third-order valence-electron chi connectivity index (χ3n) is 1.96. The zero-order valence-electron chi connectivity index (χ0n) is 10.3. The van der Waals surface area contributed by atoms with Gasteiger partial charge in [-0.25, -0.2) is 0 Å². The number of rotatable bonds is 9. The summed E-state index contributed by atoms with van der Waals surface area (Å²) in [4.78, 5) is 22.2. The summed E-state index contributed by atoms with van der Waals surface area (Å²) in [7, 11) is 0. The van der Waals surface area contributed by atoms with Gasteiger partial charge in [-0.1, -0.05) is 13.0 Å². The van der Waals surface area contributed by atoms with Gasteiger partial charge in [0.05, 0.1) is 19.1 Å². The lowest BCUT2D eigenvalue weighted by Gasteiger charge is -2.13. The van der Waals surface area contributed by atoms with E-state index in [4.69, 9.17) is 9.47 Å². The van der Waals surface area contributed by atoms with Crippen molar-refractivity contribution in [1.82, 2.24) is 0 Å². The van der Waals surface area contributed by atoms with Crippen molar-refractivity contribution in [2.45, 2.75) is 26.4 Å². The van der Waals surface area contributed by atoms with E-state index in [-0.39, 0.29) is 25.4 Å². The van der Waals surface area contributed by atoms with E-state index in [1.54, 1.807) is 13.0 Å². The Hall–Kier alpha value is -1.20. The van der Waals surface area contributed by atoms with E-state index in [0.717, 1.165) is 0 Å². The predicted octanol–water partition coefficient (Wildman–Crippen LogP) is 0.708. The summed E-state index contributed by atoms with van der Waals surface area (Å²) in [6.45, 7) is 6.79. The fraction of sp³-hybridized carbons (Fsp3) is 0.667. The third kappa shape index (κ3) is 8.59. The van der Waals surface area contributed by atoms with Crippen LogP contribution in [0.15, 0.2) is 12.7 Å². The molecule has 0 radical (unpaired) electrons. The van der Waals surface area contributed by atoms with Gasteiger partial charge >= 0.3 is 5.97 Å². The lowest BCUT2D eigenvalue weighted by molar-refractivity contribution is -0.153. The Morgan fingerprint density at radius 3 is 2.59 bits per heavy atom. The van der Waals surface area contributed by atoms with E-state index >= 15 is 0 Å². The van der Waals surface area contributed by atoms with Crippen LogP contribution in [0.5, 0.6) is 0 Å². The Morgan fingerprint density at radius 1 is 1.41 bits per heavy atom. The molecule has 0 aromatic heterocycles. The maximum atomic E-state index is 11.4. The number of aliphatic hydroxyl groups excluding tert-OH is 1. The molecule has 1 N–H and O–H groups in total. The molecule has 0 aliphatic rings. The van der Waals surface area contributed by atoms with Gasteiger partial charge in [-0.15, -0.1) is 6.58 Å². The number of Topliss-reactive ketones (excluding diaryl/α,β-unsaturated/α-hetero) is 1. The molecule has 5 heteroatoms. The van der Waals surface area contributed by atoms with Gasteiger partial charge in [-0.2, -0.15) is 0 Å². The van der Waals surface area contributed by atoms with Gasteiger partial charge in [-0.3, -0.25) is 4.79 Å². The number of carbonyl (C=O) groups is 2. The van der Waals surface area contributed by atoms with Crippen molar-refractivity contribution in [3.05, 3.63) is 12.7 Å². The van der Waals surface area contributed by atoms with Gasteiger partial charge in [0.15, 0.2) is 0 Å². The van der Waals surface area contributed by atoms with E-state index in [9.17, 15) is 14.7 Å². The van der Waals surface area contributed by atoms with Crippen LogP contribution in [0.2, 0.25) is 0 Å². The summed E-state index contributed by atoms with van der Waals surface area (Å²) in [6.07, 6.45) is 0.860. The molecule has 17 heavy (non-hydrogen) atoms. The number of carbonyl (C=O) groups excluding carboxylic acids is 2. The molecule has 0 bridgehead atoms. The van der Waals surface area contributed by atoms with E-state index in [1.165, 1.54) is 6.92 Å². The van der Waals surface area contributed by atoms with Gasteiger partial charge < -0.3 is 19.4 Å². The Bertz CT molecular complexity index is 262. The first-order chi connectivity index (χ1) is 7.97. The number of hydrogen-bond acceptors (Lipinski definition) is 5. The van der Waals surface area contributed by atoms with E-state index in [2.05, 4.69) is 6.58 Å². The SMILES string of the molecule is C=CCOCC(O)COC(=O)C(C)CC(C)=O. The molecular formula is C12H20O5. The van der Waals surface area contributed by atoms with Crippen LogP contribution in [-0.4, -0.2) is 42.8 Å². The molecule has 0 aromatic rings. The molecule has 98 valence electrons. The van der Waals surface area contributed by atoms with Crippen molar-refractivity contribution in [2.24, 2.45) is 5.92 Å². The molecule has 0 aliphatic heterocycles. The highest BCUT2D eigenvalue weighted by molar-refractivity contribution is 5.82. The largest absolute Gasteiger partial charge is 0.463 e. The van der Waals surface area contributed by atoms with Crippen LogP contribution in [-0.2, 0) is 19.1 Å². The Balaban J connectivity index is 3.74. The first-order valence-corrected chi connectivity index (χ1v) is 5.50. The molecule has 2 unspecified atom stereocenters. The number of ether oxygens (including phenoxy) is 2. The monoisotopic (exact) mass is 244 g/mol. The number of hydrogen-bond donors (Lipinski definition) is 1. The van der Waals surface area contributed by atoms with Gasteiger partial charge in [0.1, 0.15) is 18.5 Å². The molecule has 0 aliphatic carbocycles. The van der Waals surface area contributed by atoms with Crippen molar-refractivity contribution in [3.8, 4) is 0 Å². The second-order valence-corrected chi connectivity index (χ2v) is 3.92. The Morgan fingerprint density at radius 2 is 2.06 bits per heavy atom. The minimum absolute atomic E-state index is 0.0654. The standard InChI is InChI=1S/C12H20O5/c1-4-5-16-7-11(14)8-17-12(15)9(2)6-10(3)13/h4,9,11,14H,1,5-8H2,2-3H3. The van der Waals surface area contributed by atoms with Crippen LogP contribution in [0.1, 0.15) is 20.3 Å². The summed E-state index contributed by atoms with van der Waals surface area (Å²) >= 11 is 0. The van der Waals surface area contributed by atoms with Crippen LogP contribution in [0.25, 0.3) is 0 Å². The van der Waals surface area contributed by atoms with Crippen molar-refractivity contribution in [2.75, 3.05) is 19.8 Å². The van der Waals surface area contributed by atoms with Crippen molar-refractivity contribution >= 4 is 11.8 Å². The van der Waals surface area contributed by atoms with Crippen molar-refractivity contribution < 1.29 is 24.2 Å². The first kappa shape index (κ1) is 15.8. The lowest BCUT2D eigenvalue weighted by Crippen LogP contribution is -2.26. The summed E-state index contributed by atoms with van der Waals surface area (Å²) in [5.41, 5.74) is 0. The van der Waals surface area contributed by atoms with Crippen molar-refractivity contribution in [3.63, 3.8) is 0 Å². The maximum Gasteiger partial charge on any atom is 0.309 e. The number of ketones is 1. The maximum absolute atomic E-state index is 11.4. The molecular weight excluding hydrogens is 224 g/mol. The van der Waals surface area contributed by atoms with Crippen LogP contribution >= 0.6 is 0 Å². The smallest absolute Gasteiger partial charge is 0.309 e. The van der Waals surface area contributed by atoms with Crippen LogP contribution in [0.3, 0.4) is 0 Å². The Kier molecular flexibility index (Phi) is 8.27. The average molecular weight is 244 g/mol. The number of aliphatic hydroxyl groups is 1. The second kappa shape index (κ2) is 8.90. The van der Waals surface area contributed by atoms with E-state index in [1.807, 2.05) is 0 Å². The molecule has 0 spiro atoms. The zero-order valence-corrected chi connectivity index (χ0v) is 10.3. The topological polar surface area (TPSA) is 72.8 Å². The van der Waals surface area contributed by atoms with Gasteiger partial charge in [0, 0.05) is 6.42 Å². The molecule has 0 rings (SSSR count). The lowest BCUT2D eigenvalue weighted by atomic mass is 10.1. The summed E-state index contributed by atoms with van der Waals surface area (Å²) < 4.78 is 9.84. The minimum Gasteiger partial charge on any atom is -0.463 e. The van der Waals surface area contributed by atoms with Gasteiger partial charge in [0.2, 0.25) is 0 Å². The highest BCUT2D eigenvalue weighted by Gasteiger charge is 2.17. The normalized spacial score (nSPS) is 13.8. The molecule has 0 amide bonds. The Labute approximate surface area is 101 Å². The molecule has 0 aromatic carbocycles. The van der Waals surface area contributed by atoms with E-state index in [0.29, 0.717) is 6.61 Å². The quantitative estimate of drug-likeness (QED) is 0.367. The highest BCUT2D eigenvalue weighted by Crippen LogP contribution is 2.05. The molecule has 0 saturated carbocycles. The summed E-state index contributed by atoms with van der Waals surface area (Å²) in [5, 5.41) is 9.38. The molecule has 0 heterocycles. The van der Waals surface area contributed by atoms with Gasteiger partial charge in [-0.05, 0) is 6.92 Å². The van der Waals surface area contributed by atoms with Crippen LogP contribution in [0.4, 0.5) is 0 Å². The number of esters is 1. The minimum atomic E-state index is -0.858. The molecule has 5 nitrogen and oxygen atoms in total. The summed E-state index contributed by atoms with van der Waals surface area (Å²) in [6, 6.07) is 0. The molecule has 0 fully saturated rings. The fourth-order valence-corrected chi connectivity index (χ4v) is 1.17. The molecule has 0 saturated heterocycles. The second-order valence-electron chi connectivity index (χ2n) is 3.92. The van der Waals surface area contributed by atoms with Crippen LogP contribution in [0, 0.1) is 5.92 Å². The van der Waals surface area contributed by atoms with Crippen molar-refractivity contribution in [1.29, 1.82) is 0 Å². The molecule has 2 atom stereocenters. The fourth-order valence-electron chi connectivity index (χ4n) is 1.17. The summed E-state index contributed by atoms with van der Waals surface area (Å²) in [5.74, 6) is -1.03. The van der Waals surface area contributed by atoms with Crippen LogP contribution < -0.4 is 0 Å². The highest BCUT2D eigenvalue weighted by atomic mass is 16.5. The van der Waals surface area contributed by atoms with E-state index < -0.39 is 18.0 Å².